The van der Waals surface area contributed by atoms with E-state index in [1.165, 1.54) is 0 Å². The van der Waals surface area contributed by atoms with Gasteiger partial charge in [-0.2, -0.15) is 0 Å². The molecule has 0 fully saturated rings. The number of carbonyl (C=O) groups excluding carboxylic acids is 3. The summed E-state index contributed by atoms with van der Waals surface area (Å²) in [6.45, 7) is 9.10. The molecule has 0 saturated heterocycles. The first-order valence-electron chi connectivity index (χ1n) is 9.36. The minimum Gasteiger partial charge on any atom is -0.454 e. The van der Waals surface area contributed by atoms with Gasteiger partial charge in [-0.25, -0.2) is 0 Å². The van der Waals surface area contributed by atoms with Gasteiger partial charge in [0.1, 0.15) is 0 Å². The van der Waals surface area contributed by atoms with Crippen molar-refractivity contribution >= 4 is 17.7 Å². The molecular weight excluding hydrogens is 354 g/mol. The van der Waals surface area contributed by atoms with E-state index in [1.807, 2.05) is 39.0 Å². The van der Waals surface area contributed by atoms with E-state index in [0.717, 1.165) is 16.7 Å². The molecule has 0 aliphatic rings. The molecular formula is C23H27NO4. The molecule has 28 heavy (non-hydrogen) atoms. The van der Waals surface area contributed by atoms with Gasteiger partial charge in [0.2, 0.25) is 5.78 Å². The third-order valence-corrected chi connectivity index (χ3v) is 4.67. The molecule has 2 aromatic carbocycles. The van der Waals surface area contributed by atoms with Crippen molar-refractivity contribution in [1.29, 1.82) is 0 Å². The number of nitrogens with one attached hydrogen (secondary N) is 1. The first-order chi connectivity index (χ1) is 13.2. The zero-order valence-corrected chi connectivity index (χ0v) is 17.0. The van der Waals surface area contributed by atoms with Crippen molar-refractivity contribution in [3.63, 3.8) is 0 Å². The maximum absolute atomic E-state index is 12.7. The number of aryl methyl sites for hydroxylation is 3. The average Bonchev–Trinajstić information content (AvgIpc) is 2.64. The second-order valence-corrected chi connectivity index (χ2v) is 7.19. The van der Waals surface area contributed by atoms with E-state index in [4.69, 9.17) is 4.74 Å². The number of hydrogen-bond donors (Lipinski definition) is 1. The summed E-state index contributed by atoms with van der Waals surface area (Å²) in [6, 6.07) is 12.2. The van der Waals surface area contributed by atoms with Crippen LogP contribution in [0.15, 0.2) is 42.5 Å². The molecule has 0 saturated carbocycles. The van der Waals surface area contributed by atoms with Crippen LogP contribution in [0.2, 0.25) is 0 Å². The molecule has 2 unspecified atom stereocenters. The second kappa shape index (κ2) is 9.31. The number of amides is 1. The average molecular weight is 381 g/mol. The zero-order chi connectivity index (χ0) is 20.8. The molecule has 0 aliphatic carbocycles. The van der Waals surface area contributed by atoms with Gasteiger partial charge in [-0.1, -0.05) is 24.3 Å². The summed E-state index contributed by atoms with van der Waals surface area (Å²) in [7, 11) is 0. The molecule has 0 spiro atoms. The number of carbonyl (C=O) groups is 3. The second-order valence-electron chi connectivity index (χ2n) is 7.19. The van der Waals surface area contributed by atoms with Gasteiger partial charge in [0, 0.05) is 17.2 Å². The largest absolute Gasteiger partial charge is 0.454 e. The van der Waals surface area contributed by atoms with Crippen LogP contribution in [-0.2, 0) is 9.53 Å². The third kappa shape index (κ3) is 5.52. The van der Waals surface area contributed by atoms with Crippen LogP contribution in [0.1, 0.15) is 57.7 Å². The Morgan fingerprint density at radius 3 is 2.18 bits per heavy atom. The van der Waals surface area contributed by atoms with Crippen molar-refractivity contribution < 1.29 is 19.1 Å². The highest BCUT2D eigenvalue weighted by Gasteiger charge is 2.23. The van der Waals surface area contributed by atoms with Crippen molar-refractivity contribution in [3.8, 4) is 0 Å². The number of Topliss-reactive ketones (excluding diaryl/α,β-unsaturated/α-hetero) is 1. The molecule has 0 aliphatic heterocycles. The fourth-order valence-corrected chi connectivity index (χ4v) is 2.94. The molecule has 1 N–H and O–H groups in total. The van der Waals surface area contributed by atoms with E-state index >= 15 is 0 Å². The normalized spacial score (nSPS) is 12.8. The Bertz CT molecular complexity index is 874. The van der Waals surface area contributed by atoms with E-state index in [-0.39, 0.29) is 18.1 Å². The Morgan fingerprint density at radius 2 is 1.54 bits per heavy atom. The fraction of sp³-hybridized carbons (Fsp3) is 0.348. The topological polar surface area (TPSA) is 72.5 Å². The van der Waals surface area contributed by atoms with Crippen LogP contribution in [0.25, 0.3) is 0 Å². The van der Waals surface area contributed by atoms with Crippen molar-refractivity contribution in [2.75, 3.05) is 0 Å². The smallest absolute Gasteiger partial charge is 0.308 e. The predicted octanol–water partition coefficient (Wildman–Crippen LogP) is 3.93. The van der Waals surface area contributed by atoms with Gasteiger partial charge in [0.15, 0.2) is 6.10 Å². The number of ether oxygens (including phenoxy) is 1. The van der Waals surface area contributed by atoms with Crippen LogP contribution in [0.3, 0.4) is 0 Å². The number of rotatable bonds is 7. The predicted molar refractivity (Wildman–Crippen MR) is 109 cm³/mol. The molecule has 5 nitrogen and oxygen atoms in total. The zero-order valence-electron chi connectivity index (χ0n) is 17.0. The van der Waals surface area contributed by atoms with Gasteiger partial charge in [0.05, 0.1) is 6.42 Å². The van der Waals surface area contributed by atoms with Gasteiger partial charge in [-0.05, 0) is 69.5 Å². The van der Waals surface area contributed by atoms with E-state index < -0.39 is 18.1 Å². The summed E-state index contributed by atoms with van der Waals surface area (Å²) in [4.78, 5) is 37.0. The maximum Gasteiger partial charge on any atom is 0.308 e. The van der Waals surface area contributed by atoms with Crippen LogP contribution < -0.4 is 5.32 Å². The molecule has 1 amide bonds. The molecule has 0 aromatic heterocycles. The van der Waals surface area contributed by atoms with Crippen LogP contribution in [0, 0.1) is 20.8 Å². The van der Waals surface area contributed by atoms with E-state index in [0.29, 0.717) is 11.1 Å². The standard InChI is InChI=1S/C23H27NO4/c1-14-11-16(3)20(12-15(14)2)22(26)18(5)28-21(25)13-17(4)24-23(27)19-9-7-6-8-10-19/h6-12,17-18H,13H2,1-5H3,(H,24,27). The van der Waals surface area contributed by atoms with Gasteiger partial charge in [-0.15, -0.1) is 0 Å². The highest BCUT2D eigenvalue weighted by atomic mass is 16.5. The summed E-state index contributed by atoms with van der Waals surface area (Å²) < 4.78 is 5.31. The van der Waals surface area contributed by atoms with Crippen molar-refractivity contribution in [2.24, 2.45) is 0 Å². The number of hydrogen-bond acceptors (Lipinski definition) is 4. The summed E-state index contributed by atoms with van der Waals surface area (Å²) >= 11 is 0. The summed E-state index contributed by atoms with van der Waals surface area (Å²) in [5, 5.41) is 2.76. The van der Waals surface area contributed by atoms with Gasteiger partial charge in [-0.3, -0.25) is 14.4 Å². The number of esters is 1. The lowest BCUT2D eigenvalue weighted by atomic mass is 9.96. The lowest BCUT2D eigenvalue weighted by Gasteiger charge is -2.17. The molecule has 2 rings (SSSR count). The monoisotopic (exact) mass is 381 g/mol. The Morgan fingerprint density at radius 1 is 0.929 bits per heavy atom. The van der Waals surface area contributed by atoms with E-state index in [2.05, 4.69) is 5.32 Å². The molecule has 0 radical (unpaired) electrons. The Kier molecular flexibility index (Phi) is 7.10. The van der Waals surface area contributed by atoms with E-state index in [1.54, 1.807) is 38.1 Å². The first kappa shape index (κ1) is 21.4. The number of ketones is 1. The molecule has 0 heterocycles. The van der Waals surface area contributed by atoms with Crippen LogP contribution in [0.4, 0.5) is 0 Å². The molecule has 0 bridgehead atoms. The van der Waals surface area contributed by atoms with Gasteiger partial charge in [0.25, 0.3) is 5.91 Å². The highest BCUT2D eigenvalue weighted by Crippen LogP contribution is 2.18. The SMILES string of the molecule is Cc1cc(C)c(C(=O)C(C)OC(=O)CC(C)NC(=O)c2ccccc2)cc1C. The summed E-state index contributed by atoms with van der Waals surface area (Å²) in [5.74, 6) is -1.01. The maximum atomic E-state index is 12.7. The molecule has 5 heteroatoms. The van der Waals surface area contributed by atoms with E-state index in [9.17, 15) is 14.4 Å². The van der Waals surface area contributed by atoms with Crippen molar-refractivity contribution in [3.05, 3.63) is 70.3 Å². The third-order valence-electron chi connectivity index (χ3n) is 4.67. The first-order valence-corrected chi connectivity index (χ1v) is 9.36. The summed E-state index contributed by atoms with van der Waals surface area (Å²) in [6.07, 6.45) is -0.896. The van der Waals surface area contributed by atoms with Crippen molar-refractivity contribution in [1.82, 2.24) is 5.32 Å². The summed E-state index contributed by atoms with van der Waals surface area (Å²) in [5.41, 5.74) is 4.08. The molecule has 2 atom stereocenters. The van der Waals surface area contributed by atoms with Crippen molar-refractivity contribution in [2.45, 2.75) is 53.2 Å². The van der Waals surface area contributed by atoms with Gasteiger partial charge < -0.3 is 10.1 Å². The minimum absolute atomic E-state index is 0.0118. The molecule has 2 aromatic rings. The van der Waals surface area contributed by atoms with Crippen LogP contribution in [0.5, 0.6) is 0 Å². The van der Waals surface area contributed by atoms with Gasteiger partial charge >= 0.3 is 5.97 Å². The minimum atomic E-state index is -0.884. The van der Waals surface area contributed by atoms with Crippen LogP contribution >= 0.6 is 0 Å². The quantitative estimate of drug-likeness (QED) is 0.582. The molecule has 148 valence electrons. The van der Waals surface area contributed by atoms with Crippen LogP contribution in [-0.4, -0.2) is 29.8 Å². The lowest BCUT2D eigenvalue weighted by Crippen LogP contribution is -2.35. The number of benzene rings is 2. The lowest BCUT2D eigenvalue weighted by molar-refractivity contribution is -0.146. The Balaban J connectivity index is 1.92. The fourth-order valence-electron chi connectivity index (χ4n) is 2.94. The Labute approximate surface area is 166 Å². The Hall–Kier alpha value is -2.95. The highest BCUT2D eigenvalue weighted by molar-refractivity contribution is 6.01.